The molecule has 1 aromatic carbocycles. The fourth-order valence-corrected chi connectivity index (χ4v) is 2.88. The van der Waals surface area contributed by atoms with Crippen molar-refractivity contribution >= 4 is 17.5 Å². The van der Waals surface area contributed by atoms with Gasteiger partial charge in [-0.25, -0.2) is 9.98 Å². The van der Waals surface area contributed by atoms with E-state index in [4.69, 9.17) is 14.2 Å². The van der Waals surface area contributed by atoms with E-state index in [1.165, 1.54) is 6.07 Å². The first-order chi connectivity index (χ1) is 12.9. The summed E-state index contributed by atoms with van der Waals surface area (Å²) in [6, 6.07) is 4.34. The van der Waals surface area contributed by atoms with E-state index in [9.17, 15) is 10.1 Å². The van der Waals surface area contributed by atoms with Gasteiger partial charge in [-0.3, -0.25) is 10.1 Å². The molecule has 0 radical (unpaired) electrons. The van der Waals surface area contributed by atoms with Gasteiger partial charge in [-0.15, -0.1) is 0 Å². The number of rotatable bonds is 7. The third-order valence-electron chi connectivity index (χ3n) is 4.25. The van der Waals surface area contributed by atoms with Crippen LogP contribution < -0.4 is 4.74 Å². The smallest absolute Gasteiger partial charge is 0.310 e. The predicted octanol–water partition coefficient (Wildman–Crippen LogP) is 3.42. The lowest BCUT2D eigenvalue weighted by molar-refractivity contribution is -0.385. The Labute approximate surface area is 159 Å². The van der Waals surface area contributed by atoms with Gasteiger partial charge in [0.1, 0.15) is 12.1 Å². The lowest BCUT2D eigenvalue weighted by Crippen LogP contribution is -2.38. The fourth-order valence-electron chi connectivity index (χ4n) is 2.88. The van der Waals surface area contributed by atoms with Gasteiger partial charge < -0.3 is 14.2 Å². The zero-order chi connectivity index (χ0) is 20.0. The van der Waals surface area contributed by atoms with Crippen molar-refractivity contribution in [1.29, 1.82) is 0 Å². The Kier molecular flexibility index (Phi) is 7.15. The van der Waals surface area contributed by atoms with Crippen LogP contribution in [0.1, 0.15) is 32.8 Å². The Hall–Kier alpha value is -2.64. The largest absolute Gasteiger partial charge is 0.487 e. The highest BCUT2D eigenvalue weighted by Crippen LogP contribution is 2.29. The molecule has 0 spiro atoms. The van der Waals surface area contributed by atoms with Crippen LogP contribution in [-0.4, -0.2) is 49.6 Å². The second-order valence-electron chi connectivity index (χ2n) is 6.66. The van der Waals surface area contributed by atoms with Crippen molar-refractivity contribution in [1.82, 2.24) is 0 Å². The van der Waals surface area contributed by atoms with Crippen LogP contribution in [0.4, 0.5) is 5.69 Å². The number of aliphatic imine (C=N–C) groups is 2. The molecule has 0 saturated heterocycles. The van der Waals surface area contributed by atoms with Gasteiger partial charge in [0, 0.05) is 12.5 Å². The Balaban J connectivity index is 2.30. The van der Waals surface area contributed by atoms with Gasteiger partial charge in [0.2, 0.25) is 11.8 Å². The molecular weight excluding hydrogens is 350 g/mol. The molecule has 1 aliphatic rings. The Morgan fingerprint density at radius 2 is 1.89 bits per heavy atom. The average Bonchev–Trinajstić information content (AvgIpc) is 2.65. The minimum atomic E-state index is -0.439. The molecule has 0 saturated carbocycles. The van der Waals surface area contributed by atoms with Crippen molar-refractivity contribution in [2.24, 2.45) is 15.9 Å². The van der Waals surface area contributed by atoms with E-state index in [1.807, 2.05) is 20.8 Å². The van der Waals surface area contributed by atoms with Crippen LogP contribution in [0, 0.1) is 16.0 Å². The van der Waals surface area contributed by atoms with Crippen LogP contribution in [0.15, 0.2) is 28.2 Å². The first-order valence-corrected chi connectivity index (χ1v) is 9.04. The highest BCUT2D eigenvalue weighted by atomic mass is 16.6. The van der Waals surface area contributed by atoms with Crippen molar-refractivity contribution in [3.05, 3.63) is 33.9 Å². The van der Waals surface area contributed by atoms with Crippen molar-refractivity contribution in [2.75, 3.05) is 20.8 Å². The van der Waals surface area contributed by atoms with E-state index in [1.54, 1.807) is 26.4 Å². The zero-order valence-electron chi connectivity index (χ0n) is 16.5. The molecule has 2 atom stereocenters. The molecule has 0 aromatic heterocycles. The van der Waals surface area contributed by atoms with Crippen LogP contribution in [0.2, 0.25) is 0 Å². The van der Waals surface area contributed by atoms with Crippen molar-refractivity contribution in [3.8, 4) is 5.75 Å². The third-order valence-corrected chi connectivity index (χ3v) is 4.25. The molecule has 1 heterocycles. The molecule has 1 aromatic rings. The summed E-state index contributed by atoms with van der Waals surface area (Å²) in [7, 11) is 3.16. The molecular formula is C19H27N3O5. The van der Waals surface area contributed by atoms with Crippen molar-refractivity contribution < 1.29 is 19.1 Å². The van der Waals surface area contributed by atoms with Gasteiger partial charge in [-0.1, -0.05) is 26.8 Å². The number of methoxy groups -OCH3 is 2. The fraction of sp³-hybridized carbons (Fsp3) is 0.579. The lowest BCUT2D eigenvalue weighted by Gasteiger charge is -2.27. The predicted molar refractivity (Wildman–Crippen MR) is 104 cm³/mol. The maximum absolute atomic E-state index is 11.2. The number of nitro groups is 1. The summed E-state index contributed by atoms with van der Waals surface area (Å²) in [5.41, 5.74) is 0.807. The number of hydrogen-bond donors (Lipinski definition) is 0. The van der Waals surface area contributed by atoms with Gasteiger partial charge in [-0.05, 0) is 24.0 Å². The van der Waals surface area contributed by atoms with Crippen LogP contribution >= 0.6 is 0 Å². The van der Waals surface area contributed by atoms with Crippen molar-refractivity contribution in [2.45, 2.75) is 45.7 Å². The minimum Gasteiger partial charge on any atom is -0.487 e. The summed E-state index contributed by atoms with van der Waals surface area (Å²) in [6.07, 6.45) is 1.24. The number of ether oxygens (including phenoxy) is 3. The molecule has 8 heteroatoms. The van der Waals surface area contributed by atoms with Crippen LogP contribution in [0.25, 0.3) is 0 Å². The third kappa shape index (κ3) is 4.96. The SMILES string of the molecule is CCCOc1cc(C[C@@H]2N=C(OC)[C@@H](C(C)C)N=C2OC)ccc1[N+](=O)[O-]. The average molecular weight is 377 g/mol. The molecule has 0 unspecified atom stereocenters. The van der Waals surface area contributed by atoms with E-state index in [0.29, 0.717) is 24.8 Å². The molecule has 0 N–H and O–H groups in total. The maximum atomic E-state index is 11.2. The molecule has 0 fully saturated rings. The van der Waals surface area contributed by atoms with E-state index >= 15 is 0 Å². The highest BCUT2D eigenvalue weighted by molar-refractivity contribution is 5.94. The quantitative estimate of drug-likeness (QED) is 0.536. The van der Waals surface area contributed by atoms with E-state index in [2.05, 4.69) is 9.98 Å². The van der Waals surface area contributed by atoms with Crippen LogP contribution in [-0.2, 0) is 15.9 Å². The van der Waals surface area contributed by atoms with Gasteiger partial charge in [0.25, 0.3) is 0 Å². The van der Waals surface area contributed by atoms with Crippen LogP contribution in [0.3, 0.4) is 0 Å². The highest BCUT2D eigenvalue weighted by Gasteiger charge is 2.31. The van der Waals surface area contributed by atoms with Gasteiger partial charge in [0.15, 0.2) is 5.75 Å². The molecule has 27 heavy (non-hydrogen) atoms. The molecule has 2 rings (SSSR count). The molecule has 148 valence electrons. The standard InChI is InChI=1S/C19H27N3O5/c1-6-9-27-16-11-13(7-8-15(16)22(23)24)10-14-18(25-4)21-17(12(2)3)19(20-14)26-5/h7-8,11-12,14,17H,6,9-10H2,1-5H3/t14-,17+/m0/s1. The second-order valence-corrected chi connectivity index (χ2v) is 6.66. The van der Waals surface area contributed by atoms with Gasteiger partial charge >= 0.3 is 5.69 Å². The van der Waals surface area contributed by atoms with E-state index in [-0.39, 0.29) is 29.4 Å². The van der Waals surface area contributed by atoms with E-state index < -0.39 is 4.92 Å². The maximum Gasteiger partial charge on any atom is 0.310 e. The van der Waals surface area contributed by atoms with Gasteiger partial charge in [-0.2, -0.15) is 0 Å². The monoisotopic (exact) mass is 377 g/mol. The summed E-state index contributed by atoms with van der Waals surface area (Å²) < 4.78 is 16.4. The van der Waals surface area contributed by atoms with Crippen molar-refractivity contribution in [3.63, 3.8) is 0 Å². The number of hydrogen-bond acceptors (Lipinski definition) is 7. The van der Waals surface area contributed by atoms with Gasteiger partial charge in [0.05, 0.1) is 25.7 Å². The lowest BCUT2D eigenvalue weighted by atomic mass is 10.00. The first kappa shape index (κ1) is 20.7. The second kappa shape index (κ2) is 9.34. The number of benzene rings is 1. The molecule has 0 bridgehead atoms. The Morgan fingerprint density at radius 1 is 1.19 bits per heavy atom. The summed E-state index contributed by atoms with van der Waals surface area (Å²) in [5, 5.41) is 11.2. The normalized spacial score (nSPS) is 19.3. The zero-order valence-corrected chi connectivity index (χ0v) is 16.5. The molecule has 8 nitrogen and oxygen atoms in total. The Morgan fingerprint density at radius 3 is 2.44 bits per heavy atom. The van der Waals surface area contributed by atoms with Crippen LogP contribution in [0.5, 0.6) is 5.75 Å². The summed E-state index contributed by atoms with van der Waals surface area (Å²) >= 11 is 0. The minimum absolute atomic E-state index is 0.0440. The number of nitrogens with zero attached hydrogens (tertiary/aromatic N) is 3. The first-order valence-electron chi connectivity index (χ1n) is 9.04. The topological polar surface area (TPSA) is 95.5 Å². The molecule has 0 amide bonds. The summed E-state index contributed by atoms with van der Waals surface area (Å²) in [4.78, 5) is 20.1. The summed E-state index contributed by atoms with van der Waals surface area (Å²) in [6.45, 7) is 6.46. The molecule has 1 aliphatic heterocycles. The molecule has 0 aliphatic carbocycles. The Bertz CT molecular complexity index is 730. The number of nitro benzene ring substituents is 1. The summed E-state index contributed by atoms with van der Waals surface area (Å²) in [5.74, 6) is 1.59. The van der Waals surface area contributed by atoms with E-state index in [0.717, 1.165) is 12.0 Å².